The van der Waals surface area contributed by atoms with Gasteiger partial charge in [-0.3, -0.25) is 4.98 Å². The van der Waals surface area contributed by atoms with Gasteiger partial charge in [-0.2, -0.15) is 0 Å². The topological polar surface area (TPSA) is 24.9 Å². The number of hydrogen-bond acceptors (Lipinski definition) is 2. The predicted molar refractivity (Wildman–Crippen MR) is 85.0 cm³/mol. The fourth-order valence-electron chi connectivity index (χ4n) is 2.56. The van der Waals surface area contributed by atoms with Crippen LogP contribution in [0.5, 0.6) is 0 Å². The summed E-state index contributed by atoms with van der Waals surface area (Å²) in [6.07, 6.45) is 2.71. The summed E-state index contributed by atoms with van der Waals surface area (Å²) in [7, 11) is 0. The van der Waals surface area contributed by atoms with Gasteiger partial charge in [0.15, 0.2) is 0 Å². The Hall–Kier alpha value is -1.25. The Morgan fingerprint density at radius 1 is 1.25 bits per heavy atom. The van der Waals surface area contributed by atoms with E-state index in [2.05, 4.69) is 30.2 Å². The van der Waals surface area contributed by atoms with Crippen molar-refractivity contribution in [2.75, 3.05) is 11.9 Å². The molecule has 0 saturated heterocycles. The zero-order valence-electron chi connectivity index (χ0n) is 11.5. The van der Waals surface area contributed by atoms with Gasteiger partial charge in [0, 0.05) is 34.6 Å². The Balaban J connectivity index is 1.89. The summed E-state index contributed by atoms with van der Waals surface area (Å²) >= 11 is 12.1. The molecule has 104 valence electrons. The third kappa shape index (κ3) is 2.50. The summed E-state index contributed by atoms with van der Waals surface area (Å²) in [5.41, 5.74) is 4.60. The molecule has 1 aliphatic rings. The van der Waals surface area contributed by atoms with Crippen molar-refractivity contribution in [1.82, 2.24) is 4.98 Å². The van der Waals surface area contributed by atoms with Crippen LogP contribution in [0, 0.1) is 0 Å². The van der Waals surface area contributed by atoms with E-state index < -0.39 is 0 Å². The molecule has 1 aromatic carbocycles. The molecule has 0 unspecified atom stereocenters. The minimum atomic E-state index is 0.103. The van der Waals surface area contributed by atoms with Crippen LogP contribution in [0.4, 0.5) is 5.69 Å². The van der Waals surface area contributed by atoms with E-state index in [1.165, 1.54) is 0 Å². The fourth-order valence-corrected chi connectivity index (χ4v) is 3.04. The highest BCUT2D eigenvalue weighted by Gasteiger charge is 2.31. The van der Waals surface area contributed by atoms with Gasteiger partial charge in [-0.1, -0.05) is 43.1 Å². The van der Waals surface area contributed by atoms with Gasteiger partial charge in [-0.05, 0) is 29.3 Å². The molecule has 0 aliphatic carbocycles. The Labute approximate surface area is 129 Å². The molecule has 0 bridgehead atoms. The van der Waals surface area contributed by atoms with Crippen molar-refractivity contribution in [2.45, 2.75) is 25.7 Å². The smallest absolute Gasteiger partial charge is 0.0708 e. The normalized spacial score (nSPS) is 15.8. The molecular weight excluding hydrogens is 291 g/mol. The molecule has 4 heteroatoms. The van der Waals surface area contributed by atoms with E-state index in [0.717, 1.165) is 35.5 Å². The van der Waals surface area contributed by atoms with Crippen LogP contribution in [0.3, 0.4) is 0 Å². The monoisotopic (exact) mass is 306 g/mol. The highest BCUT2D eigenvalue weighted by atomic mass is 35.5. The molecular formula is C16H16Cl2N2. The number of rotatable bonds is 2. The minimum Gasteiger partial charge on any atom is -0.383 e. The summed E-state index contributed by atoms with van der Waals surface area (Å²) in [5.74, 6) is 0. The fraction of sp³-hybridized carbons (Fsp3) is 0.312. The van der Waals surface area contributed by atoms with Gasteiger partial charge in [0.1, 0.15) is 0 Å². The van der Waals surface area contributed by atoms with E-state index in [4.69, 9.17) is 23.2 Å². The SMILES string of the molecule is CC1(C)CNc2cc(Cc3ccc(Cl)cc3Cl)cnc21. The largest absolute Gasteiger partial charge is 0.383 e. The average molecular weight is 307 g/mol. The minimum absolute atomic E-state index is 0.103. The molecule has 0 fully saturated rings. The van der Waals surface area contributed by atoms with Crippen LogP contribution >= 0.6 is 23.2 Å². The van der Waals surface area contributed by atoms with Gasteiger partial charge in [0.2, 0.25) is 0 Å². The average Bonchev–Trinajstić information content (AvgIpc) is 2.69. The molecule has 2 heterocycles. The Bertz CT molecular complexity index is 666. The van der Waals surface area contributed by atoms with E-state index in [0.29, 0.717) is 10.0 Å². The van der Waals surface area contributed by atoms with Crippen molar-refractivity contribution in [2.24, 2.45) is 0 Å². The lowest BCUT2D eigenvalue weighted by atomic mass is 9.91. The summed E-state index contributed by atoms with van der Waals surface area (Å²) in [6.45, 7) is 5.34. The second-order valence-corrected chi connectivity index (χ2v) is 6.73. The summed E-state index contributed by atoms with van der Waals surface area (Å²) in [6, 6.07) is 7.78. The number of halogens is 2. The van der Waals surface area contributed by atoms with Crippen LogP contribution in [0.15, 0.2) is 30.5 Å². The lowest BCUT2D eigenvalue weighted by molar-refractivity contribution is 0.568. The molecule has 20 heavy (non-hydrogen) atoms. The first-order valence-corrected chi connectivity index (χ1v) is 7.38. The second kappa shape index (κ2) is 4.94. The number of hydrogen-bond donors (Lipinski definition) is 1. The molecule has 2 aromatic rings. The van der Waals surface area contributed by atoms with Crippen LogP contribution in [0.25, 0.3) is 0 Å². The summed E-state index contributed by atoms with van der Waals surface area (Å²) in [5, 5.41) is 4.79. The molecule has 1 N–H and O–H groups in total. The van der Waals surface area contributed by atoms with Crippen molar-refractivity contribution in [3.05, 3.63) is 57.3 Å². The van der Waals surface area contributed by atoms with Gasteiger partial charge < -0.3 is 5.32 Å². The Morgan fingerprint density at radius 2 is 2.05 bits per heavy atom. The summed E-state index contributed by atoms with van der Waals surface area (Å²) < 4.78 is 0. The van der Waals surface area contributed by atoms with Crippen LogP contribution in [0.2, 0.25) is 10.0 Å². The number of benzene rings is 1. The maximum Gasteiger partial charge on any atom is 0.0708 e. The summed E-state index contributed by atoms with van der Waals surface area (Å²) in [4.78, 5) is 4.62. The van der Waals surface area contributed by atoms with Crippen LogP contribution in [-0.4, -0.2) is 11.5 Å². The number of anilines is 1. The zero-order valence-corrected chi connectivity index (χ0v) is 13.0. The first kappa shape index (κ1) is 13.7. The van der Waals surface area contributed by atoms with E-state index in [1.807, 2.05) is 18.3 Å². The van der Waals surface area contributed by atoms with Crippen LogP contribution in [0.1, 0.15) is 30.7 Å². The van der Waals surface area contributed by atoms with Gasteiger partial charge in [-0.15, -0.1) is 0 Å². The van der Waals surface area contributed by atoms with Gasteiger partial charge >= 0.3 is 0 Å². The molecule has 0 amide bonds. The van der Waals surface area contributed by atoms with Crippen molar-refractivity contribution in [3.8, 4) is 0 Å². The van der Waals surface area contributed by atoms with Crippen molar-refractivity contribution < 1.29 is 0 Å². The quantitative estimate of drug-likeness (QED) is 0.871. The molecule has 0 radical (unpaired) electrons. The maximum atomic E-state index is 6.22. The van der Waals surface area contributed by atoms with Gasteiger partial charge in [0.05, 0.1) is 11.4 Å². The maximum absolute atomic E-state index is 6.22. The van der Waals surface area contributed by atoms with E-state index in [9.17, 15) is 0 Å². The van der Waals surface area contributed by atoms with Gasteiger partial charge in [0.25, 0.3) is 0 Å². The molecule has 0 saturated carbocycles. The third-order valence-corrected chi connectivity index (χ3v) is 4.30. The van der Waals surface area contributed by atoms with Crippen LogP contribution < -0.4 is 5.32 Å². The lowest BCUT2D eigenvalue weighted by Crippen LogP contribution is -2.19. The number of nitrogens with zero attached hydrogens (tertiary/aromatic N) is 1. The molecule has 1 aromatic heterocycles. The molecule has 2 nitrogen and oxygen atoms in total. The molecule has 3 rings (SSSR count). The van der Waals surface area contributed by atoms with E-state index >= 15 is 0 Å². The second-order valence-electron chi connectivity index (χ2n) is 5.89. The van der Waals surface area contributed by atoms with E-state index in [-0.39, 0.29) is 5.41 Å². The third-order valence-electron chi connectivity index (χ3n) is 3.72. The number of pyridine rings is 1. The highest BCUT2D eigenvalue weighted by molar-refractivity contribution is 6.35. The molecule has 1 aliphatic heterocycles. The van der Waals surface area contributed by atoms with Crippen molar-refractivity contribution in [3.63, 3.8) is 0 Å². The highest BCUT2D eigenvalue weighted by Crippen LogP contribution is 2.35. The first-order chi connectivity index (χ1) is 9.45. The number of nitrogens with one attached hydrogen (secondary N) is 1. The Kier molecular flexibility index (Phi) is 3.39. The van der Waals surface area contributed by atoms with Crippen molar-refractivity contribution in [1.29, 1.82) is 0 Å². The molecule has 0 spiro atoms. The zero-order chi connectivity index (χ0) is 14.3. The predicted octanol–water partition coefficient (Wildman–Crippen LogP) is 4.68. The molecule has 0 atom stereocenters. The van der Waals surface area contributed by atoms with Crippen molar-refractivity contribution >= 4 is 28.9 Å². The Morgan fingerprint density at radius 3 is 2.80 bits per heavy atom. The standard InChI is InChI=1S/C16H16Cl2N2/c1-16(2)9-20-14-6-10(8-19-15(14)16)5-11-3-4-12(17)7-13(11)18/h3-4,6-8,20H,5,9H2,1-2H3. The van der Waals surface area contributed by atoms with E-state index in [1.54, 1.807) is 6.07 Å². The first-order valence-electron chi connectivity index (χ1n) is 6.63. The number of aromatic nitrogens is 1. The van der Waals surface area contributed by atoms with Gasteiger partial charge in [-0.25, -0.2) is 0 Å². The van der Waals surface area contributed by atoms with Crippen LogP contribution in [-0.2, 0) is 11.8 Å². The number of fused-ring (bicyclic) bond motifs is 1. The lowest BCUT2D eigenvalue weighted by Gasteiger charge is -2.15.